The Morgan fingerprint density at radius 2 is 2.10 bits per heavy atom. The number of amides is 1. The largest absolute Gasteiger partial charge is 0.399 e. The van der Waals surface area contributed by atoms with Crippen LogP contribution in [0.25, 0.3) is 0 Å². The van der Waals surface area contributed by atoms with Crippen LogP contribution < -0.4 is 11.1 Å². The minimum Gasteiger partial charge on any atom is -0.399 e. The Hall–Kier alpha value is -1.40. The van der Waals surface area contributed by atoms with E-state index in [0.717, 1.165) is 20.1 Å². The van der Waals surface area contributed by atoms with Crippen LogP contribution in [0.4, 0.5) is 5.69 Å². The lowest BCUT2D eigenvalue weighted by Gasteiger charge is -2.13. The summed E-state index contributed by atoms with van der Waals surface area (Å²) in [6.45, 7) is 5.88. The predicted molar refractivity (Wildman–Crippen MR) is 86.0 cm³/mol. The van der Waals surface area contributed by atoms with Crippen molar-refractivity contribution >= 4 is 38.9 Å². The summed E-state index contributed by atoms with van der Waals surface area (Å²) in [5.41, 5.74) is 7.82. The molecule has 3 N–H and O–H groups in total. The number of aromatic nitrogens is 1. The van der Waals surface area contributed by atoms with E-state index in [2.05, 4.69) is 26.2 Å². The maximum Gasteiger partial charge on any atom is 0.251 e. The van der Waals surface area contributed by atoms with Gasteiger partial charge in [-0.05, 0) is 39.0 Å². The van der Waals surface area contributed by atoms with E-state index in [1.807, 2.05) is 20.8 Å². The molecule has 0 radical (unpaired) electrons. The van der Waals surface area contributed by atoms with E-state index in [-0.39, 0.29) is 11.9 Å². The van der Waals surface area contributed by atoms with Crippen molar-refractivity contribution in [2.75, 3.05) is 5.73 Å². The van der Waals surface area contributed by atoms with Gasteiger partial charge in [0.1, 0.15) is 0 Å². The number of nitrogens with zero attached hydrogens (tertiary/aromatic N) is 1. The number of hydrogen-bond donors (Lipinski definition) is 2. The molecule has 106 valence electrons. The number of aryl methyl sites for hydroxylation is 2. The zero-order valence-corrected chi connectivity index (χ0v) is 13.9. The predicted octanol–water partition coefficient (Wildman–Crippen LogP) is 3.60. The van der Waals surface area contributed by atoms with Gasteiger partial charge in [0.2, 0.25) is 0 Å². The van der Waals surface area contributed by atoms with Gasteiger partial charge in [0, 0.05) is 20.6 Å². The van der Waals surface area contributed by atoms with Crippen molar-refractivity contribution in [2.45, 2.75) is 26.8 Å². The average molecular weight is 354 g/mol. The van der Waals surface area contributed by atoms with Crippen LogP contribution >= 0.6 is 27.3 Å². The fourth-order valence-corrected chi connectivity index (χ4v) is 3.48. The first kappa shape index (κ1) is 15.0. The highest BCUT2D eigenvalue weighted by Crippen LogP contribution is 2.25. The summed E-state index contributed by atoms with van der Waals surface area (Å²) in [6.07, 6.45) is 0. The van der Waals surface area contributed by atoms with E-state index in [9.17, 15) is 4.79 Å². The van der Waals surface area contributed by atoms with Gasteiger partial charge in [-0.15, -0.1) is 11.3 Å². The second kappa shape index (κ2) is 5.93. The number of hydrogen-bond acceptors (Lipinski definition) is 4. The molecule has 2 rings (SSSR count). The minimum atomic E-state index is -0.143. The SMILES string of the molecule is Cc1nc(C)c(C(C)NC(=O)c2cc(N)cc(Br)c2)s1. The Balaban J connectivity index is 2.17. The fourth-order valence-electron chi connectivity index (χ4n) is 2.04. The Morgan fingerprint density at radius 1 is 1.40 bits per heavy atom. The summed E-state index contributed by atoms with van der Waals surface area (Å²) in [6, 6.07) is 5.10. The van der Waals surface area contributed by atoms with Gasteiger partial charge >= 0.3 is 0 Å². The maximum atomic E-state index is 12.2. The fraction of sp³-hybridized carbons (Fsp3) is 0.286. The van der Waals surface area contributed by atoms with Gasteiger partial charge < -0.3 is 11.1 Å². The Kier molecular flexibility index (Phi) is 4.45. The van der Waals surface area contributed by atoms with Crippen LogP contribution in [0.2, 0.25) is 0 Å². The van der Waals surface area contributed by atoms with Crippen molar-refractivity contribution in [3.05, 3.63) is 43.8 Å². The number of nitrogens with two attached hydrogens (primary N) is 1. The molecular formula is C14H16BrN3OS. The zero-order valence-electron chi connectivity index (χ0n) is 11.5. The number of benzene rings is 1. The second-order valence-corrected chi connectivity index (χ2v) is 6.80. The average Bonchev–Trinajstić information content (AvgIpc) is 2.67. The molecule has 0 aliphatic carbocycles. The first-order valence-electron chi connectivity index (χ1n) is 6.17. The van der Waals surface area contributed by atoms with Crippen LogP contribution in [0.5, 0.6) is 0 Å². The van der Waals surface area contributed by atoms with Gasteiger partial charge in [-0.1, -0.05) is 15.9 Å². The number of nitrogen functional groups attached to an aromatic ring is 1. The van der Waals surface area contributed by atoms with Crippen LogP contribution in [0, 0.1) is 13.8 Å². The normalized spacial score (nSPS) is 12.2. The Morgan fingerprint density at radius 3 is 2.65 bits per heavy atom. The standard InChI is InChI=1S/C14H16BrN3OS/c1-7-13(20-9(3)17-7)8(2)18-14(19)10-4-11(15)6-12(16)5-10/h4-6,8H,16H2,1-3H3,(H,18,19). The van der Waals surface area contributed by atoms with Gasteiger partial charge in [0.05, 0.1) is 16.7 Å². The number of thiazole rings is 1. The molecule has 1 unspecified atom stereocenters. The van der Waals surface area contributed by atoms with Gasteiger partial charge in [0.15, 0.2) is 0 Å². The van der Waals surface area contributed by atoms with Gasteiger partial charge in [-0.25, -0.2) is 4.98 Å². The highest BCUT2D eigenvalue weighted by molar-refractivity contribution is 9.10. The molecule has 0 bridgehead atoms. The molecule has 0 spiro atoms. The first-order chi connectivity index (χ1) is 9.36. The van der Waals surface area contributed by atoms with E-state index in [0.29, 0.717) is 11.3 Å². The molecule has 0 aliphatic heterocycles. The van der Waals surface area contributed by atoms with E-state index < -0.39 is 0 Å². The van der Waals surface area contributed by atoms with E-state index in [4.69, 9.17) is 5.73 Å². The molecule has 4 nitrogen and oxygen atoms in total. The number of halogens is 1. The quantitative estimate of drug-likeness (QED) is 0.828. The number of anilines is 1. The van der Waals surface area contributed by atoms with Crippen LogP contribution in [0.15, 0.2) is 22.7 Å². The molecule has 0 saturated carbocycles. The molecule has 0 fully saturated rings. The minimum absolute atomic E-state index is 0.0751. The van der Waals surface area contributed by atoms with Crippen molar-refractivity contribution in [1.82, 2.24) is 10.3 Å². The number of carbonyl (C=O) groups excluding carboxylic acids is 1. The molecule has 1 heterocycles. The molecule has 0 aliphatic rings. The van der Waals surface area contributed by atoms with E-state index in [1.165, 1.54) is 0 Å². The van der Waals surface area contributed by atoms with Gasteiger partial charge in [-0.3, -0.25) is 4.79 Å². The lowest BCUT2D eigenvalue weighted by Crippen LogP contribution is -2.26. The lowest BCUT2D eigenvalue weighted by molar-refractivity contribution is 0.0940. The summed E-state index contributed by atoms with van der Waals surface area (Å²) in [4.78, 5) is 17.7. The summed E-state index contributed by atoms with van der Waals surface area (Å²) >= 11 is 4.95. The van der Waals surface area contributed by atoms with Crippen LogP contribution in [-0.4, -0.2) is 10.9 Å². The van der Waals surface area contributed by atoms with Crippen LogP contribution in [0.3, 0.4) is 0 Å². The zero-order chi connectivity index (χ0) is 14.9. The lowest BCUT2D eigenvalue weighted by atomic mass is 10.1. The second-order valence-electron chi connectivity index (χ2n) is 4.65. The van der Waals surface area contributed by atoms with Crippen molar-refractivity contribution < 1.29 is 4.79 Å². The molecule has 1 aromatic heterocycles. The molecule has 1 aromatic carbocycles. The van der Waals surface area contributed by atoms with Gasteiger partial charge in [-0.2, -0.15) is 0 Å². The highest BCUT2D eigenvalue weighted by atomic mass is 79.9. The third kappa shape index (κ3) is 3.37. The number of carbonyl (C=O) groups is 1. The highest BCUT2D eigenvalue weighted by Gasteiger charge is 2.16. The summed E-state index contributed by atoms with van der Waals surface area (Å²) in [7, 11) is 0. The Labute approximate surface area is 130 Å². The molecule has 20 heavy (non-hydrogen) atoms. The third-order valence-electron chi connectivity index (χ3n) is 2.86. The van der Waals surface area contributed by atoms with Crippen molar-refractivity contribution in [2.24, 2.45) is 0 Å². The molecule has 6 heteroatoms. The summed E-state index contributed by atoms with van der Waals surface area (Å²) in [5, 5.41) is 3.98. The number of nitrogens with one attached hydrogen (secondary N) is 1. The summed E-state index contributed by atoms with van der Waals surface area (Å²) < 4.78 is 0.792. The molecule has 2 aromatic rings. The van der Waals surface area contributed by atoms with Crippen LogP contribution in [0.1, 0.15) is 38.9 Å². The smallest absolute Gasteiger partial charge is 0.251 e. The topological polar surface area (TPSA) is 68.0 Å². The molecule has 1 atom stereocenters. The third-order valence-corrected chi connectivity index (χ3v) is 4.58. The van der Waals surface area contributed by atoms with Crippen molar-refractivity contribution in [1.29, 1.82) is 0 Å². The molecule has 1 amide bonds. The summed E-state index contributed by atoms with van der Waals surface area (Å²) in [5.74, 6) is -0.143. The van der Waals surface area contributed by atoms with Crippen molar-refractivity contribution in [3.63, 3.8) is 0 Å². The molecule has 0 saturated heterocycles. The van der Waals surface area contributed by atoms with E-state index in [1.54, 1.807) is 29.5 Å². The van der Waals surface area contributed by atoms with Gasteiger partial charge in [0.25, 0.3) is 5.91 Å². The molecular weight excluding hydrogens is 338 g/mol. The van der Waals surface area contributed by atoms with Crippen molar-refractivity contribution in [3.8, 4) is 0 Å². The monoisotopic (exact) mass is 353 g/mol. The van der Waals surface area contributed by atoms with Crippen LogP contribution in [-0.2, 0) is 0 Å². The van der Waals surface area contributed by atoms with E-state index >= 15 is 0 Å². The number of rotatable bonds is 3. The Bertz CT molecular complexity index is 634. The maximum absolute atomic E-state index is 12.2. The first-order valence-corrected chi connectivity index (χ1v) is 7.78.